The predicted octanol–water partition coefficient (Wildman–Crippen LogP) is 3.21. The summed E-state index contributed by atoms with van der Waals surface area (Å²) >= 11 is 1.33. The summed E-state index contributed by atoms with van der Waals surface area (Å²) in [5, 5.41) is 3.14. The van der Waals surface area contributed by atoms with Crippen molar-refractivity contribution in [2.75, 3.05) is 31.5 Å². The molecule has 1 aliphatic heterocycles. The lowest BCUT2D eigenvalue weighted by atomic mass is 10.1. The molecule has 2 aromatic rings. The standard InChI is InChI=1S/C23H29N3O4S/c1-15-17(3)31-21(24-18(4)27)20(15)23(29)30-16(2)22(28)26-12-10-25(11-13-26)14-19-8-6-5-7-9-19/h5-9,16H,10-14H2,1-4H3,(H,24,27)/t16-/m1/s1. The fourth-order valence-corrected chi connectivity index (χ4v) is 4.71. The van der Waals surface area contributed by atoms with Crippen LogP contribution in [0.1, 0.15) is 40.2 Å². The molecule has 0 radical (unpaired) electrons. The van der Waals surface area contributed by atoms with Crippen LogP contribution in [0.25, 0.3) is 0 Å². The fraction of sp³-hybridized carbons (Fsp3) is 0.435. The van der Waals surface area contributed by atoms with Gasteiger partial charge in [-0.25, -0.2) is 4.79 Å². The number of esters is 1. The highest BCUT2D eigenvalue weighted by Gasteiger charge is 2.29. The lowest BCUT2D eigenvalue weighted by molar-refractivity contribution is -0.141. The van der Waals surface area contributed by atoms with Crippen molar-refractivity contribution >= 4 is 34.1 Å². The Hall–Kier alpha value is -2.71. The number of rotatable bonds is 6. The van der Waals surface area contributed by atoms with Crippen LogP contribution in [-0.4, -0.2) is 59.9 Å². The van der Waals surface area contributed by atoms with Gasteiger partial charge in [-0.3, -0.25) is 14.5 Å². The number of nitrogens with one attached hydrogen (secondary N) is 1. The van der Waals surface area contributed by atoms with E-state index in [1.165, 1.54) is 23.8 Å². The lowest BCUT2D eigenvalue weighted by Crippen LogP contribution is -2.51. The van der Waals surface area contributed by atoms with E-state index in [2.05, 4.69) is 22.3 Å². The summed E-state index contributed by atoms with van der Waals surface area (Å²) in [7, 11) is 0. The van der Waals surface area contributed by atoms with Crippen molar-refractivity contribution < 1.29 is 19.1 Å². The summed E-state index contributed by atoms with van der Waals surface area (Å²) < 4.78 is 5.50. The van der Waals surface area contributed by atoms with Gasteiger partial charge in [-0.15, -0.1) is 11.3 Å². The Bertz CT molecular complexity index is 949. The topological polar surface area (TPSA) is 78.9 Å². The Balaban J connectivity index is 1.56. The highest BCUT2D eigenvalue weighted by molar-refractivity contribution is 7.16. The molecule has 31 heavy (non-hydrogen) atoms. The number of piperazine rings is 1. The Kier molecular flexibility index (Phi) is 7.46. The van der Waals surface area contributed by atoms with Crippen LogP contribution < -0.4 is 5.32 Å². The molecule has 2 amide bonds. The van der Waals surface area contributed by atoms with Gasteiger partial charge in [0, 0.05) is 44.5 Å². The van der Waals surface area contributed by atoms with Crippen LogP contribution in [0.4, 0.5) is 5.00 Å². The van der Waals surface area contributed by atoms with Crippen LogP contribution >= 0.6 is 11.3 Å². The third-order valence-electron chi connectivity index (χ3n) is 5.44. The molecule has 2 heterocycles. The molecule has 0 bridgehead atoms. The Morgan fingerprint density at radius 3 is 2.35 bits per heavy atom. The van der Waals surface area contributed by atoms with Crippen molar-refractivity contribution in [3.8, 4) is 0 Å². The van der Waals surface area contributed by atoms with Crippen molar-refractivity contribution in [3.05, 3.63) is 51.9 Å². The van der Waals surface area contributed by atoms with E-state index in [1.54, 1.807) is 11.8 Å². The minimum absolute atomic E-state index is 0.196. The minimum atomic E-state index is -0.891. The Labute approximate surface area is 187 Å². The van der Waals surface area contributed by atoms with Gasteiger partial charge in [-0.2, -0.15) is 0 Å². The number of aryl methyl sites for hydroxylation is 1. The van der Waals surface area contributed by atoms with E-state index in [0.29, 0.717) is 23.7 Å². The van der Waals surface area contributed by atoms with E-state index < -0.39 is 12.1 Å². The van der Waals surface area contributed by atoms with E-state index in [0.717, 1.165) is 30.1 Å². The molecule has 8 heteroatoms. The first kappa shape index (κ1) is 23.0. The molecular weight excluding hydrogens is 414 g/mol. The maximum atomic E-state index is 12.8. The second-order valence-corrected chi connectivity index (χ2v) is 9.03. The third-order valence-corrected chi connectivity index (χ3v) is 6.57. The van der Waals surface area contributed by atoms with Gasteiger partial charge in [0.1, 0.15) is 5.00 Å². The highest BCUT2D eigenvalue weighted by Crippen LogP contribution is 2.33. The van der Waals surface area contributed by atoms with E-state index >= 15 is 0 Å². The van der Waals surface area contributed by atoms with Crippen LogP contribution in [0, 0.1) is 13.8 Å². The third kappa shape index (κ3) is 5.71. The Morgan fingerprint density at radius 1 is 1.10 bits per heavy atom. The molecule has 0 saturated carbocycles. The van der Waals surface area contributed by atoms with Gasteiger partial charge in [0.05, 0.1) is 5.56 Å². The first-order valence-corrected chi connectivity index (χ1v) is 11.2. The van der Waals surface area contributed by atoms with Crippen molar-refractivity contribution in [3.63, 3.8) is 0 Å². The largest absolute Gasteiger partial charge is 0.449 e. The molecule has 1 atom stereocenters. The number of hydrogen-bond acceptors (Lipinski definition) is 6. The van der Waals surface area contributed by atoms with Crippen molar-refractivity contribution in [2.24, 2.45) is 0 Å². The molecule has 3 rings (SSSR count). The maximum absolute atomic E-state index is 12.8. The van der Waals surface area contributed by atoms with Crippen LogP contribution in [0.3, 0.4) is 0 Å². The summed E-state index contributed by atoms with van der Waals surface area (Å²) in [4.78, 5) is 42.1. The highest BCUT2D eigenvalue weighted by atomic mass is 32.1. The average molecular weight is 444 g/mol. The van der Waals surface area contributed by atoms with Crippen LogP contribution in [0.5, 0.6) is 0 Å². The molecule has 1 fully saturated rings. The number of benzene rings is 1. The Morgan fingerprint density at radius 2 is 1.74 bits per heavy atom. The SMILES string of the molecule is CC(=O)Nc1sc(C)c(C)c1C(=O)O[C@H](C)C(=O)N1CCN(Cc2ccccc2)CC1. The van der Waals surface area contributed by atoms with Crippen molar-refractivity contribution in [2.45, 2.75) is 40.3 Å². The molecular formula is C23H29N3O4S. The number of nitrogens with zero attached hydrogens (tertiary/aromatic N) is 2. The molecule has 7 nitrogen and oxygen atoms in total. The second-order valence-electron chi connectivity index (χ2n) is 7.80. The van der Waals surface area contributed by atoms with Gasteiger partial charge in [-0.1, -0.05) is 30.3 Å². The van der Waals surface area contributed by atoms with Gasteiger partial charge < -0.3 is 15.0 Å². The molecule has 1 aromatic heterocycles. The van der Waals surface area contributed by atoms with E-state index in [4.69, 9.17) is 4.74 Å². The number of hydrogen-bond donors (Lipinski definition) is 1. The zero-order valence-electron chi connectivity index (χ0n) is 18.4. The number of anilines is 1. The van der Waals surface area contributed by atoms with Gasteiger partial charge in [-0.05, 0) is 31.9 Å². The van der Waals surface area contributed by atoms with Gasteiger partial charge >= 0.3 is 5.97 Å². The molecule has 0 aliphatic carbocycles. The van der Waals surface area contributed by atoms with Gasteiger partial charge in [0.25, 0.3) is 5.91 Å². The van der Waals surface area contributed by atoms with Crippen LogP contribution in [-0.2, 0) is 20.9 Å². The predicted molar refractivity (Wildman–Crippen MR) is 121 cm³/mol. The molecule has 1 saturated heterocycles. The molecule has 1 aliphatic rings. The summed E-state index contributed by atoms with van der Waals surface area (Å²) in [5.74, 6) is -1.04. The van der Waals surface area contributed by atoms with Crippen molar-refractivity contribution in [1.29, 1.82) is 0 Å². The zero-order valence-corrected chi connectivity index (χ0v) is 19.3. The van der Waals surface area contributed by atoms with Crippen LogP contribution in [0.2, 0.25) is 0 Å². The first-order valence-electron chi connectivity index (χ1n) is 10.4. The number of carbonyl (C=O) groups excluding carboxylic acids is 3. The summed E-state index contributed by atoms with van der Waals surface area (Å²) in [6.45, 7) is 10.3. The molecule has 0 unspecified atom stereocenters. The van der Waals surface area contributed by atoms with E-state index in [-0.39, 0.29) is 11.8 Å². The summed E-state index contributed by atoms with van der Waals surface area (Å²) in [6, 6.07) is 10.3. The summed E-state index contributed by atoms with van der Waals surface area (Å²) in [6.07, 6.45) is -0.891. The smallest absolute Gasteiger partial charge is 0.342 e. The van der Waals surface area contributed by atoms with E-state index in [9.17, 15) is 14.4 Å². The number of amides is 2. The molecule has 1 aromatic carbocycles. The monoisotopic (exact) mass is 443 g/mol. The van der Waals surface area contributed by atoms with Gasteiger partial charge in [0.2, 0.25) is 5.91 Å². The maximum Gasteiger partial charge on any atom is 0.342 e. The van der Waals surface area contributed by atoms with Crippen LogP contribution in [0.15, 0.2) is 30.3 Å². The number of ether oxygens (including phenoxy) is 1. The zero-order chi connectivity index (χ0) is 22.5. The molecule has 0 spiro atoms. The normalized spacial score (nSPS) is 15.4. The van der Waals surface area contributed by atoms with E-state index in [1.807, 2.05) is 32.0 Å². The fourth-order valence-electron chi connectivity index (χ4n) is 3.62. The molecule has 1 N–H and O–H groups in total. The van der Waals surface area contributed by atoms with Gasteiger partial charge in [0.15, 0.2) is 6.10 Å². The van der Waals surface area contributed by atoms with Crippen molar-refractivity contribution in [1.82, 2.24) is 9.80 Å². The number of carbonyl (C=O) groups is 3. The number of thiophene rings is 1. The lowest BCUT2D eigenvalue weighted by Gasteiger charge is -2.35. The summed E-state index contributed by atoms with van der Waals surface area (Å²) in [5.41, 5.74) is 2.33. The second kappa shape index (κ2) is 10.1. The quantitative estimate of drug-likeness (QED) is 0.694. The minimum Gasteiger partial charge on any atom is -0.449 e. The average Bonchev–Trinajstić information content (AvgIpc) is 3.01. The first-order chi connectivity index (χ1) is 14.8. The molecule has 166 valence electrons.